The summed E-state index contributed by atoms with van der Waals surface area (Å²) in [7, 11) is -10.4. The second kappa shape index (κ2) is 37.1. The van der Waals surface area contributed by atoms with Crippen molar-refractivity contribution in [1.82, 2.24) is 0 Å². The quantitative estimate of drug-likeness (QED) is 0.0338. The van der Waals surface area contributed by atoms with Gasteiger partial charge in [0.2, 0.25) is 0 Å². The number of hydrogen-bond acceptors (Lipinski definition) is 6. The third kappa shape index (κ3) is 23.2. The van der Waals surface area contributed by atoms with Crippen molar-refractivity contribution in [2.45, 2.75) is 44.2 Å². The molecule has 2 aliphatic carbocycles. The molecule has 0 radical (unpaired) electrons. The van der Waals surface area contributed by atoms with Crippen LogP contribution in [-0.4, -0.2) is 70.8 Å². The molecule has 3 aromatic rings. The summed E-state index contributed by atoms with van der Waals surface area (Å²) < 4.78 is 96.1. The molecule has 2 fully saturated rings. The molecular formula is C36H43B3F9K3N2O6. The maximum absolute atomic E-state index is 13.3. The van der Waals surface area contributed by atoms with E-state index in [-0.39, 0.29) is 190 Å². The average Bonchev–Trinajstić information content (AvgIpc) is 4.08. The molecule has 0 spiro atoms. The van der Waals surface area contributed by atoms with E-state index in [0.29, 0.717) is 23.9 Å². The standard InChI is InChI=1S/2C12H14BF2O2.C8H7.C4H6N2O2.BF3.2FH.3K/c2*1-2-17-11(16)10-8-12(10,13(14)15)9-6-4-3-5-7-9;1-2-8-6-4-3-5-7-8;1-2-8-4(7)3-6-5;2-1(3)4;;;;;/h2*3-7,10,13H,2,8H2,1H3;3-7H,1H2;3H,2H2,1H3;;2*1H;;;/q3*-1;;;;;3*+1/t10-,12+;10-,12-;;;;;;;;/m01......../s1. The third-order valence-corrected chi connectivity index (χ3v) is 8.37. The van der Waals surface area contributed by atoms with Crippen LogP contribution in [0.2, 0.25) is 0 Å². The molecule has 2 aliphatic rings. The number of benzene rings is 3. The Morgan fingerprint density at radius 1 is 0.712 bits per heavy atom. The first-order valence-corrected chi connectivity index (χ1v) is 16.9. The van der Waals surface area contributed by atoms with Gasteiger partial charge in [-0.2, -0.15) is 35.1 Å². The first kappa shape index (κ1) is 67.7. The zero-order valence-corrected chi connectivity index (χ0v) is 43.3. The molecule has 8 nitrogen and oxygen atoms in total. The third-order valence-electron chi connectivity index (χ3n) is 8.37. The molecule has 59 heavy (non-hydrogen) atoms. The van der Waals surface area contributed by atoms with Gasteiger partial charge in [0.1, 0.15) is 0 Å². The Kier molecular flexibility index (Phi) is 42.6. The van der Waals surface area contributed by atoms with E-state index in [1.165, 1.54) is 0 Å². The Morgan fingerprint density at radius 3 is 1.25 bits per heavy atom. The van der Waals surface area contributed by atoms with Crippen molar-refractivity contribution < 1.29 is 227 Å². The monoisotopic (exact) mass is 920 g/mol. The second-order valence-electron chi connectivity index (χ2n) is 11.6. The van der Waals surface area contributed by atoms with Gasteiger partial charge in [-0.05, 0) is 20.8 Å². The first-order valence-electron chi connectivity index (χ1n) is 16.9. The first-order chi connectivity index (χ1) is 25.7. The Bertz CT molecular complexity index is 1570. The van der Waals surface area contributed by atoms with Crippen LogP contribution in [0.3, 0.4) is 0 Å². The SMILES string of the molecule is C=[C-]c1ccccc1.CCOC(=O)C=[N+]=[N-].CCOC(=O)[C@@H]1C[C@@]1([BH-](F)F)c1ccccc1.CCOC(=O)[C@H]1C[C@@]1([BH-](F)F)c1ccccc1.F.F.FB(F)F.[K+].[K+].[K+]. The van der Waals surface area contributed by atoms with Gasteiger partial charge >= 0.3 is 200 Å². The molecule has 4 atom stereocenters. The molecule has 0 bridgehead atoms. The van der Waals surface area contributed by atoms with E-state index in [9.17, 15) is 44.6 Å². The van der Waals surface area contributed by atoms with Crippen LogP contribution in [0.1, 0.15) is 50.3 Å². The fourth-order valence-electron chi connectivity index (χ4n) is 5.57. The topological polar surface area (TPSA) is 115 Å². The van der Waals surface area contributed by atoms with Crippen molar-refractivity contribution in [1.29, 1.82) is 0 Å². The van der Waals surface area contributed by atoms with Crippen molar-refractivity contribution in [2.24, 2.45) is 11.8 Å². The molecule has 0 amide bonds. The summed E-state index contributed by atoms with van der Waals surface area (Å²) in [5.41, 5.74) is 9.90. The molecule has 0 saturated heterocycles. The zero-order valence-electron chi connectivity index (χ0n) is 33.9. The Hall–Kier alpha value is -0.336. The largest absolute Gasteiger partial charge is 1.00 e. The van der Waals surface area contributed by atoms with Crippen LogP contribution in [0.25, 0.3) is 5.53 Å². The number of nitrogens with zero attached hydrogens (tertiary/aromatic N) is 2. The molecule has 5 rings (SSSR count). The molecule has 2 saturated carbocycles. The van der Waals surface area contributed by atoms with Crippen molar-refractivity contribution in [2.75, 3.05) is 19.8 Å². The van der Waals surface area contributed by atoms with Crippen LogP contribution in [0.4, 0.5) is 39.6 Å². The van der Waals surface area contributed by atoms with Crippen LogP contribution in [0.15, 0.2) is 97.6 Å². The minimum Gasteiger partial charge on any atom is -0.480 e. The predicted octanol–water partition coefficient (Wildman–Crippen LogP) is -1.52. The normalized spacial score (nSPS) is 18.1. The molecule has 0 unspecified atom stereocenters. The summed E-state index contributed by atoms with van der Waals surface area (Å²) >= 11 is 0. The van der Waals surface area contributed by atoms with E-state index in [4.69, 9.17) is 15.0 Å². The summed E-state index contributed by atoms with van der Waals surface area (Å²) in [6.45, 7) is 9.30. The van der Waals surface area contributed by atoms with E-state index in [1.807, 2.05) is 30.3 Å². The fourth-order valence-corrected chi connectivity index (χ4v) is 5.57. The van der Waals surface area contributed by atoms with Gasteiger partial charge in [0.25, 0.3) is 0 Å². The van der Waals surface area contributed by atoms with Crippen LogP contribution < -0.4 is 154 Å². The fraction of sp³-hybridized carbons (Fsp3) is 0.333. The molecule has 3 aromatic carbocycles. The molecular weight excluding hydrogens is 877 g/mol. The molecule has 0 aliphatic heterocycles. The Morgan fingerprint density at radius 2 is 1.02 bits per heavy atom. The molecule has 23 heteroatoms. The van der Waals surface area contributed by atoms with Crippen LogP contribution >= 0.6 is 0 Å². The van der Waals surface area contributed by atoms with Crippen molar-refractivity contribution >= 4 is 46.2 Å². The van der Waals surface area contributed by atoms with Crippen molar-refractivity contribution in [3.05, 3.63) is 126 Å². The molecule has 0 N–H and O–H groups in total. The van der Waals surface area contributed by atoms with E-state index in [1.54, 1.807) is 81.4 Å². The number of esters is 3. The van der Waals surface area contributed by atoms with Crippen LogP contribution in [0.5, 0.6) is 0 Å². The Balaban J connectivity index is -0.000000217. The summed E-state index contributed by atoms with van der Waals surface area (Å²) in [6, 6.07) is 26.9. The maximum atomic E-state index is 13.3. The number of carbonyl (C=O) groups is 3. The van der Waals surface area contributed by atoms with Gasteiger partial charge < -0.3 is 37.0 Å². The number of carbonyl (C=O) groups excluding carboxylic acids is 3. The van der Waals surface area contributed by atoms with Gasteiger partial charge in [0.15, 0.2) is 0 Å². The molecule has 0 heterocycles. The number of rotatable bonds is 11. The molecule has 308 valence electrons. The summed E-state index contributed by atoms with van der Waals surface area (Å²) in [4.78, 5) is 35.7. The van der Waals surface area contributed by atoms with Gasteiger partial charge in [-0.25, -0.2) is 4.79 Å². The summed E-state index contributed by atoms with van der Waals surface area (Å²) in [5, 5.41) is -2.49. The van der Waals surface area contributed by atoms with Crippen molar-refractivity contribution in [3.63, 3.8) is 0 Å². The van der Waals surface area contributed by atoms with Gasteiger partial charge in [0.05, 0.1) is 19.8 Å². The number of halogens is 9. The summed E-state index contributed by atoms with van der Waals surface area (Å²) in [6.07, 6.45) is 3.90. The second-order valence-corrected chi connectivity index (χ2v) is 11.6. The predicted molar refractivity (Wildman–Crippen MR) is 199 cm³/mol. The van der Waals surface area contributed by atoms with Gasteiger partial charge in [-0.15, -0.1) is 12.1 Å². The maximum Gasteiger partial charge on any atom is 1.00 e. The van der Waals surface area contributed by atoms with E-state index in [0.717, 1.165) is 5.56 Å². The number of ether oxygens (including phenoxy) is 3. The van der Waals surface area contributed by atoms with Crippen molar-refractivity contribution in [3.8, 4) is 0 Å². The van der Waals surface area contributed by atoms with E-state index < -0.39 is 62.5 Å². The summed E-state index contributed by atoms with van der Waals surface area (Å²) in [5.74, 6) is -2.96. The van der Waals surface area contributed by atoms with E-state index >= 15 is 0 Å². The Labute approximate surface area is 467 Å². The smallest absolute Gasteiger partial charge is 0.480 e. The zero-order chi connectivity index (χ0) is 40.7. The van der Waals surface area contributed by atoms with Gasteiger partial charge in [-0.3, -0.25) is 31.9 Å². The minimum atomic E-state index is -3.67. The number of hydrogen-bond donors (Lipinski definition) is 0. The van der Waals surface area contributed by atoms with Crippen LogP contribution in [0, 0.1) is 17.9 Å². The van der Waals surface area contributed by atoms with Crippen LogP contribution in [-0.2, 0) is 39.2 Å². The minimum absolute atomic E-state index is 0. The van der Waals surface area contributed by atoms with Gasteiger partial charge in [-0.1, -0.05) is 101 Å². The molecule has 0 aromatic heterocycles. The average molecular weight is 920 g/mol. The van der Waals surface area contributed by atoms with Gasteiger partial charge in [0, 0.05) is 11.8 Å². The van der Waals surface area contributed by atoms with E-state index in [2.05, 4.69) is 22.2 Å².